The zero-order valence-electron chi connectivity index (χ0n) is 41.6. The van der Waals surface area contributed by atoms with Crippen LogP contribution in [-0.2, 0) is 18.9 Å². The SMILES string of the molecule is C.CC(C)(C)OC(=O)N1CCCC(NC2CC2)C1.COCCCOc1cc(C(=O)Cl)ccc1OC.COCCCOc1cc(C(=O)N(C2CC2)C2CCCN(C(=O)OC(C)(C)C)C2)ccc1OC. The van der Waals surface area contributed by atoms with Gasteiger partial charge in [-0.05, 0) is 141 Å². The molecule has 0 bridgehead atoms. The van der Waals surface area contributed by atoms with Crippen molar-refractivity contribution in [3.05, 3.63) is 47.5 Å². The van der Waals surface area contributed by atoms with Crippen LogP contribution >= 0.6 is 11.6 Å². The van der Waals surface area contributed by atoms with E-state index >= 15 is 0 Å². The lowest BCUT2D eigenvalue weighted by atomic mass is 10.0. The Morgan fingerprint density at radius 3 is 1.56 bits per heavy atom. The van der Waals surface area contributed by atoms with Crippen molar-refractivity contribution in [2.75, 3.05) is 81.0 Å². The average molecular weight is 978 g/mol. The number of nitrogens with zero attached hydrogens (tertiary/aromatic N) is 3. The van der Waals surface area contributed by atoms with E-state index in [-0.39, 0.29) is 37.6 Å². The van der Waals surface area contributed by atoms with Crippen LogP contribution < -0.4 is 24.3 Å². The summed E-state index contributed by atoms with van der Waals surface area (Å²) >= 11 is 5.40. The van der Waals surface area contributed by atoms with Gasteiger partial charge < -0.3 is 57.9 Å². The number of methoxy groups -OCH3 is 4. The molecule has 2 atom stereocenters. The maximum Gasteiger partial charge on any atom is 0.410 e. The smallest absolute Gasteiger partial charge is 0.410 e. The van der Waals surface area contributed by atoms with E-state index in [1.54, 1.807) is 69.7 Å². The number of benzene rings is 2. The normalized spacial score (nSPS) is 18.0. The Morgan fingerprint density at radius 1 is 0.618 bits per heavy atom. The summed E-state index contributed by atoms with van der Waals surface area (Å²) in [7, 11) is 6.41. The van der Waals surface area contributed by atoms with E-state index in [2.05, 4.69) is 5.32 Å². The van der Waals surface area contributed by atoms with Gasteiger partial charge in [-0.25, -0.2) is 9.59 Å². The third kappa shape index (κ3) is 20.2. The van der Waals surface area contributed by atoms with Gasteiger partial charge in [0, 0.05) is 95.7 Å². The highest BCUT2D eigenvalue weighted by molar-refractivity contribution is 6.67. The van der Waals surface area contributed by atoms with Crippen molar-refractivity contribution >= 4 is 34.9 Å². The highest BCUT2D eigenvalue weighted by atomic mass is 35.5. The maximum atomic E-state index is 13.6. The summed E-state index contributed by atoms with van der Waals surface area (Å²) in [5, 5.41) is 3.07. The van der Waals surface area contributed by atoms with E-state index in [9.17, 15) is 19.2 Å². The van der Waals surface area contributed by atoms with Gasteiger partial charge in [0.15, 0.2) is 23.0 Å². The number of nitrogens with one attached hydrogen (secondary N) is 1. The number of ether oxygens (including phenoxy) is 8. The number of hydrogen-bond donors (Lipinski definition) is 1. The summed E-state index contributed by atoms with van der Waals surface area (Å²) in [5.74, 6) is 2.20. The zero-order valence-corrected chi connectivity index (χ0v) is 42.4. The first-order chi connectivity index (χ1) is 31.9. The molecule has 2 aliphatic heterocycles. The molecule has 0 spiro atoms. The van der Waals surface area contributed by atoms with E-state index < -0.39 is 16.4 Å². The van der Waals surface area contributed by atoms with E-state index in [1.807, 2.05) is 51.3 Å². The molecule has 2 aliphatic carbocycles. The van der Waals surface area contributed by atoms with E-state index in [0.717, 1.165) is 58.0 Å². The first kappa shape index (κ1) is 57.8. The second kappa shape index (κ2) is 28.2. The topological polar surface area (TPSA) is 164 Å². The van der Waals surface area contributed by atoms with Crippen LogP contribution in [0.5, 0.6) is 23.0 Å². The number of amides is 3. The van der Waals surface area contributed by atoms with Gasteiger partial charge in [0.05, 0.1) is 33.5 Å². The summed E-state index contributed by atoms with van der Waals surface area (Å²) in [6.45, 7) is 16.3. The van der Waals surface area contributed by atoms with Gasteiger partial charge in [0.2, 0.25) is 0 Å². The molecule has 2 saturated carbocycles. The van der Waals surface area contributed by atoms with Crippen molar-refractivity contribution in [2.24, 2.45) is 0 Å². The Bertz CT molecular complexity index is 1880. The van der Waals surface area contributed by atoms with Gasteiger partial charge in [-0.15, -0.1) is 0 Å². The summed E-state index contributed by atoms with van der Waals surface area (Å²) in [6, 6.07) is 11.5. The fraction of sp³-hybridized carbons (Fsp3) is 0.686. The number of carbonyl (C=O) groups is 4. The number of carbonyl (C=O) groups excluding carboxylic acids is 4. The minimum atomic E-state index is -0.543. The highest BCUT2D eigenvalue weighted by Crippen LogP contribution is 2.35. The highest BCUT2D eigenvalue weighted by Gasteiger charge is 2.41. The minimum absolute atomic E-state index is 0. The van der Waals surface area contributed by atoms with Gasteiger partial charge in [0.1, 0.15) is 11.2 Å². The molecule has 6 rings (SSSR count). The standard InChI is InChI=1S/C25H38N2O6.C13H24N2O2.C12H15ClO4.CH4/c1-25(2,3)33-24(29)26-13-6-8-20(17-26)27(19-10-11-19)23(28)18-9-12-21(31-5)22(16-18)32-15-7-14-30-4;1-13(2,3)17-12(16)15-8-4-5-11(9-15)14-10-6-7-10;1-15-6-3-7-17-11-8-9(12(13)14)4-5-10(11)16-2;/h9,12,16,19-20H,6-8,10-11,13-15,17H2,1-5H3;10-11,14H,4-9H2,1-3H3;4-5,8H,3,6-7H2,1-2H3;1H4. The molecular weight excluding hydrogens is 896 g/mol. The van der Waals surface area contributed by atoms with Crippen LogP contribution in [0.1, 0.15) is 134 Å². The molecule has 16 nitrogen and oxygen atoms in total. The third-order valence-corrected chi connectivity index (χ3v) is 11.3. The molecular formula is C51H81ClN4O12. The fourth-order valence-electron chi connectivity index (χ4n) is 7.60. The predicted octanol–water partition coefficient (Wildman–Crippen LogP) is 9.38. The average Bonchev–Trinajstić information content (AvgIpc) is 4.24. The van der Waals surface area contributed by atoms with E-state index in [0.29, 0.717) is 85.7 Å². The number of rotatable bonds is 18. The number of halogens is 1. The lowest BCUT2D eigenvalue weighted by molar-refractivity contribution is 0.00953. The molecule has 4 fully saturated rings. The Labute approximate surface area is 410 Å². The summed E-state index contributed by atoms with van der Waals surface area (Å²) < 4.78 is 42.9. The van der Waals surface area contributed by atoms with Crippen molar-refractivity contribution in [3.63, 3.8) is 0 Å². The molecule has 2 aromatic rings. The second-order valence-corrected chi connectivity index (χ2v) is 19.6. The molecule has 2 heterocycles. The van der Waals surface area contributed by atoms with Crippen LogP contribution in [0, 0.1) is 0 Å². The number of hydrogen-bond acceptors (Lipinski definition) is 13. The molecule has 2 saturated heterocycles. The number of likely N-dealkylation sites (tertiary alicyclic amines) is 2. The molecule has 17 heteroatoms. The van der Waals surface area contributed by atoms with Crippen molar-refractivity contribution in [1.29, 1.82) is 0 Å². The maximum absolute atomic E-state index is 13.6. The van der Waals surface area contributed by atoms with Gasteiger partial charge in [-0.2, -0.15) is 0 Å². The van der Waals surface area contributed by atoms with Gasteiger partial charge in [0.25, 0.3) is 11.1 Å². The first-order valence-electron chi connectivity index (χ1n) is 23.7. The molecule has 0 aromatic heterocycles. The Morgan fingerprint density at radius 2 is 1.10 bits per heavy atom. The van der Waals surface area contributed by atoms with Crippen LogP contribution in [0.15, 0.2) is 36.4 Å². The van der Waals surface area contributed by atoms with Crippen LogP contribution in [0.2, 0.25) is 0 Å². The minimum Gasteiger partial charge on any atom is -0.493 e. The summed E-state index contributed by atoms with van der Waals surface area (Å²) in [5.41, 5.74) is 0.0141. The monoisotopic (exact) mass is 977 g/mol. The molecule has 2 aromatic carbocycles. The van der Waals surface area contributed by atoms with Crippen molar-refractivity contribution in [3.8, 4) is 23.0 Å². The molecule has 0 radical (unpaired) electrons. The van der Waals surface area contributed by atoms with Crippen LogP contribution in [0.25, 0.3) is 0 Å². The van der Waals surface area contributed by atoms with E-state index in [4.69, 9.17) is 49.5 Å². The molecule has 2 unspecified atom stereocenters. The second-order valence-electron chi connectivity index (χ2n) is 19.3. The van der Waals surface area contributed by atoms with Gasteiger partial charge in [-0.3, -0.25) is 9.59 Å². The molecule has 384 valence electrons. The zero-order chi connectivity index (χ0) is 49.1. The van der Waals surface area contributed by atoms with Gasteiger partial charge in [-0.1, -0.05) is 7.43 Å². The molecule has 3 amide bonds. The molecule has 68 heavy (non-hydrogen) atoms. The van der Waals surface area contributed by atoms with Crippen molar-refractivity contribution in [2.45, 2.75) is 149 Å². The van der Waals surface area contributed by atoms with Crippen molar-refractivity contribution in [1.82, 2.24) is 20.0 Å². The van der Waals surface area contributed by atoms with Crippen LogP contribution in [0.4, 0.5) is 9.59 Å². The lowest BCUT2D eigenvalue weighted by Gasteiger charge is -2.40. The third-order valence-electron chi connectivity index (χ3n) is 11.0. The fourth-order valence-corrected chi connectivity index (χ4v) is 7.72. The Balaban J connectivity index is 0.000000295. The van der Waals surface area contributed by atoms with Crippen LogP contribution in [-0.4, -0.2) is 154 Å². The molecule has 1 N–H and O–H groups in total. The summed E-state index contributed by atoms with van der Waals surface area (Å²) in [4.78, 5) is 54.8. The van der Waals surface area contributed by atoms with Crippen molar-refractivity contribution < 1.29 is 57.1 Å². The first-order valence-corrected chi connectivity index (χ1v) is 24.1. The lowest BCUT2D eigenvalue weighted by Crippen LogP contribution is -2.53. The molecule has 4 aliphatic rings. The van der Waals surface area contributed by atoms with Crippen LogP contribution in [0.3, 0.4) is 0 Å². The Kier molecular flexibility index (Phi) is 24.0. The number of piperidine rings is 2. The van der Waals surface area contributed by atoms with E-state index in [1.165, 1.54) is 19.3 Å². The predicted molar refractivity (Wildman–Crippen MR) is 264 cm³/mol. The van der Waals surface area contributed by atoms with Gasteiger partial charge >= 0.3 is 12.2 Å². The quantitative estimate of drug-likeness (QED) is 0.111. The summed E-state index contributed by atoms with van der Waals surface area (Å²) in [6.07, 6.45) is 9.57. The Hall–Kier alpha value is -4.51. The largest absolute Gasteiger partial charge is 0.493 e.